The summed E-state index contributed by atoms with van der Waals surface area (Å²) in [6, 6.07) is 17.4. The third-order valence-corrected chi connectivity index (χ3v) is 6.42. The monoisotopic (exact) mass is 450 g/mol. The number of rotatable bonds is 6. The molecule has 166 valence electrons. The van der Waals surface area contributed by atoms with Crippen LogP contribution in [0.5, 0.6) is 0 Å². The lowest BCUT2D eigenvalue weighted by atomic mass is 10.1. The summed E-state index contributed by atoms with van der Waals surface area (Å²) < 4.78 is 5.80. The summed E-state index contributed by atoms with van der Waals surface area (Å²) in [6.45, 7) is 5.42. The maximum atomic E-state index is 12.9. The standard InChI is InChI=1S/C24H26N4O3S/c1-3-23(29)28-14-13-27(15-17(28)2)24(30)21-11-9-19(31-21)16-32-22-12-10-20(25-26-22)18-7-5-4-6-8-18/h4-12,17H,3,13-16H2,1-2H3. The van der Waals surface area contributed by atoms with Crippen molar-refractivity contribution in [3.8, 4) is 11.3 Å². The first-order chi connectivity index (χ1) is 15.5. The maximum absolute atomic E-state index is 12.9. The molecule has 1 atom stereocenters. The van der Waals surface area contributed by atoms with E-state index >= 15 is 0 Å². The highest BCUT2D eigenvalue weighted by Crippen LogP contribution is 2.24. The fourth-order valence-electron chi connectivity index (χ4n) is 3.75. The molecule has 3 heterocycles. The van der Waals surface area contributed by atoms with Crippen LogP contribution in [-0.4, -0.2) is 57.5 Å². The van der Waals surface area contributed by atoms with Crippen LogP contribution in [0.1, 0.15) is 36.6 Å². The van der Waals surface area contributed by atoms with Crippen LogP contribution in [0.4, 0.5) is 0 Å². The van der Waals surface area contributed by atoms with Crippen molar-refractivity contribution in [3.05, 3.63) is 66.1 Å². The smallest absolute Gasteiger partial charge is 0.289 e. The van der Waals surface area contributed by atoms with Crippen molar-refractivity contribution >= 4 is 23.6 Å². The van der Waals surface area contributed by atoms with E-state index in [4.69, 9.17) is 4.42 Å². The molecule has 1 unspecified atom stereocenters. The molecular formula is C24H26N4O3S. The van der Waals surface area contributed by atoms with Crippen LogP contribution >= 0.6 is 11.8 Å². The van der Waals surface area contributed by atoms with Crippen LogP contribution in [0.3, 0.4) is 0 Å². The van der Waals surface area contributed by atoms with E-state index in [1.54, 1.807) is 11.0 Å². The van der Waals surface area contributed by atoms with Gasteiger partial charge in [0, 0.05) is 37.7 Å². The molecular weight excluding hydrogens is 424 g/mol. The zero-order chi connectivity index (χ0) is 22.5. The van der Waals surface area contributed by atoms with Gasteiger partial charge < -0.3 is 14.2 Å². The molecule has 8 heteroatoms. The Morgan fingerprint density at radius 1 is 1.06 bits per heavy atom. The summed E-state index contributed by atoms with van der Waals surface area (Å²) in [5.41, 5.74) is 1.86. The second-order valence-electron chi connectivity index (χ2n) is 7.72. The first-order valence-corrected chi connectivity index (χ1v) is 11.7. The summed E-state index contributed by atoms with van der Waals surface area (Å²) >= 11 is 1.51. The van der Waals surface area contributed by atoms with E-state index in [1.165, 1.54) is 11.8 Å². The van der Waals surface area contributed by atoms with Crippen LogP contribution in [0, 0.1) is 0 Å². The molecule has 4 rings (SSSR count). The number of benzene rings is 1. The zero-order valence-corrected chi connectivity index (χ0v) is 19.0. The molecule has 0 radical (unpaired) electrons. The molecule has 0 saturated carbocycles. The van der Waals surface area contributed by atoms with Gasteiger partial charge in [0.2, 0.25) is 5.91 Å². The molecule has 1 saturated heterocycles. The van der Waals surface area contributed by atoms with Crippen molar-refractivity contribution in [2.45, 2.75) is 37.1 Å². The van der Waals surface area contributed by atoms with E-state index in [9.17, 15) is 9.59 Å². The molecule has 3 aromatic rings. The highest BCUT2D eigenvalue weighted by atomic mass is 32.2. The molecule has 0 N–H and O–H groups in total. The number of hydrogen-bond acceptors (Lipinski definition) is 6. The van der Waals surface area contributed by atoms with E-state index in [2.05, 4.69) is 10.2 Å². The average Bonchev–Trinajstić information content (AvgIpc) is 3.31. The third kappa shape index (κ3) is 5.02. The van der Waals surface area contributed by atoms with E-state index in [-0.39, 0.29) is 17.9 Å². The Kier molecular flexibility index (Phi) is 6.90. The first-order valence-electron chi connectivity index (χ1n) is 10.7. The number of thioether (sulfide) groups is 1. The van der Waals surface area contributed by atoms with E-state index in [0.717, 1.165) is 16.3 Å². The number of aromatic nitrogens is 2. The lowest BCUT2D eigenvalue weighted by Crippen LogP contribution is -2.55. The molecule has 0 spiro atoms. The zero-order valence-electron chi connectivity index (χ0n) is 18.2. The van der Waals surface area contributed by atoms with Crippen LogP contribution < -0.4 is 0 Å². The van der Waals surface area contributed by atoms with E-state index < -0.39 is 0 Å². The Morgan fingerprint density at radius 2 is 1.88 bits per heavy atom. The fourth-order valence-corrected chi connectivity index (χ4v) is 4.46. The fraction of sp³-hybridized carbons (Fsp3) is 0.333. The quantitative estimate of drug-likeness (QED) is 0.526. The number of hydrogen-bond donors (Lipinski definition) is 0. The molecule has 1 fully saturated rings. The average molecular weight is 451 g/mol. The van der Waals surface area contributed by atoms with Crippen molar-refractivity contribution in [1.29, 1.82) is 0 Å². The van der Waals surface area contributed by atoms with Gasteiger partial charge in [-0.2, -0.15) is 0 Å². The Hall–Kier alpha value is -3.13. The van der Waals surface area contributed by atoms with Gasteiger partial charge in [-0.3, -0.25) is 9.59 Å². The van der Waals surface area contributed by atoms with Crippen molar-refractivity contribution in [2.75, 3.05) is 19.6 Å². The molecule has 1 aromatic carbocycles. The van der Waals surface area contributed by atoms with Gasteiger partial charge in [0.1, 0.15) is 10.8 Å². The number of carbonyl (C=O) groups excluding carboxylic acids is 2. The number of carbonyl (C=O) groups is 2. The van der Waals surface area contributed by atoms with Gasteiger partial charge in [0.05, 0.1) is 11.4 Å². The van der Waals surface area contributed by atoms with Gasteiger partial charge >= 0.3 is 0 Å². The predicted octanol–water partition coefficient (Wildman–Crippen LogP) is 4.11. The minimum Gasteiger partial charge on any atom is -0.455 e. The largest absolute Gasteiger partial charge is 0.455 e. The van der Waals surface area contributed by atoms with Crippen LogP contribution in [-0.2, 0) is 10.5 Å². The van der Waals surface area contributed by atoms with Gasteiger partial charge in [-0.1, -0.05) is 49.0 Å². The Labute approximate surface area is 191 Å². The number of furan rings is 1. The third-order valence-electron chi connectivity index (χ3n) is 5.48. The Bertz CT molecular complexity index is 1070. The number of amides is 2. The Morgan fingerprint density at radius 3 is 2.56 bits per heavy atom. The van der Waals surface area contributed by atoms with Gasteiger partial charge in [0.15, 0.2) is 5.76 Å². The van der Waals surface area contributed by atoms with Crippen molar-refractivity contribution < 1.29 is 14.0 Å². The highest BCUT2D eigenvalue weighted by molar-refractivity contribution is 7.98. The topological polar surface area (TPSA) is 79.5 Å². The van der Waals surface area contributed by atoms with Gasteiger partial charge in [-0.15, -0.1) is 10.2 Å². The maximum Gasteiger partial charge on any atom is 0.289 e. The van der Waals surface area contributed by atoms with E-state index in [0.29, 0.717) is 43.3 Å². The molecule has 1 aliphatic heterocycles. The predicted molar refractivity (Wildman–Crippen MR) is 123 cm³/mol. The Balaban J connectivity index is 1.32. The van der Waals surface area contributed by atoms with Crippen LogP contribution in [0.2, 0.25) is 0 Å². The van der Waals surface area contributed by atoms with E-state index in [1.807, 2.05) is 67.3 Å². The summed E-state index contributed by atoms with van der Waals surface area (Å²) in [6.07, 6.45) is 0.483. The summed E-state index contributed by atoms with van der Waals surface area (Å²) in [4.78, 5) is 28.5. The van der Waals surface area contributed by atoms with Crippen molar-refractivity contribution in [2.24, 2.45) is 0 Å². The minimum absolute atomic E-state index is 0.00238. The minimum atomic E-state index is -0.135. The summed E-state index contributed by atoms with van der Waals surface area (Å²) in [5.74, 6) is 1.58. The molecule has 0 bridgehead atoms. The normalized spacial score (nSPS) is 16.2. The van der Waals surface area contributed by atoms with Gasteiger partial charge in [-0.05, 0) is 31.2 Å². The van der Waals surface area contributed by atoms with Gasteiger partial charge in [0.25, 0.3) is 5.91 Å². The van der Waals surface area contributed by atoms with Crippen LogP contribution in [0.15, 0.2) is 64.0 Å². The highest BCUT2D eigenvalue weighted by Gasteiger charge is 2.30. The number of nitrogens with zero attached hydrogens (tertiary/aromatic N) is 4. The second kappa shape index (κ2) is 9.99. The molecule has 1 aliphatic rings. The molecule has 2 amide bonds. The van der Waals surface area contributed by atoms with Crippen molar-refractivity contribution in [3.63, 3.8) is 0 Å². The second-order valence-corrected chi connectivity index (χ2v) is 8.71. The molecule has 7 nitrogen and oxygen atoms in total. The summed E-state index contributed by atoms with van der Waals surface area (Å²) in [5, 5.41) is 9.37. The lowest BCUT2D eigenvalue weighted by Gasteiger charge is -2.39. The summed E-state index contributed by atoms with van der Waals surface area (Å²) in [7, 11) is 0. The van der Waals surface area contributed by atoms with Crippen LogP contribution in [0.25, 0.3) is 11.3 Å². The molecule has 32 heavy (non-hydrogen) atoms. The molecule has 2 aromatic heterocycles. The van der Waals surface area contributed by atoms with Gasteiger partial charge in [-0.25, -0.2) is 0 Å². The number of piperazine rings is 1. The van der Waals surface area contributed by atoms with Crippen molar-refractivity contribution in [1.82, 2.24) is 20.0 Å². The molecule has 0 aliphatic carbocycles. The lowest BCUT2D eigenvalue weighted by molar-refractivity contribution is -0.134. The first kappa shape index (κ1) is 22.1. The SMILES string of the molecule is CCC(=O)N1CCN(C(=O)c2ccc(CSc3ccc(-c4ccccc4)nn3)o2)CC1C.